The van der Waals surface area contributed by atoms with Gasteiger partial charge >= 0.3 is 6.03 Å². The predicted molar refractivity (Wildman–Crippen MR) is 95.9 cm³/mol. The molecule has 0 saturated carbocycles. The lowest BCUT2D eigenvalue weighted by molar-refractivity contribution is 0.252. The number of carbonyl (C=O) groups excluding carboxylic acids is 1. The van der Waals surface area contributed by atoms with Crippen molar-refractivity contribution < 1.29 is 4.79 Å². The maximum atomic E-state index is 12.1. The van der Waals surface area contributed by atoms with E-state index in [0.29, 0.717) is 6.54 Å². The Labute approximate surface area is 136 Å². The molecule has 0 saturated heterocycles. The first-order chi connectivity index (χ1) is 11.2. The summed E-state index contributed by atoms with van der Waals surface area (Å²) < 4.78 is 0. The minimum absolute atomic E-state index is 0.171. The minimum Gasteiger partial charge on any atom is -0.338 e. The number of amides is 2. The van der Waals surface area contributed by atoms with Gasteiger partial charge in [-0.2, -0.15) is 0 Å². The molecule has 0 atom stereocenters. The summed E-state index contributed by atoms with van der Waals surface area (Å²) in [6, 6.07) is 22.0. The van der Waals surface area contributed by atoms with Crippen LogP contribution in [-0.4, -0.2) is 12.6 Å². The van der Waals surface area contributed by atoms with Gasteiger partial charge in [0.1, 0.15) is 0 Å². The number of urea groups is 1. The molecule has 2 amide bonds. The molecular weight excluding hydrogens is 284 g/mol. The fraction of sp³-hybridized carbons (Fsp3) is 0.150. The van der Waals surface area contributed by atoms with E-state index in [1.807, 2.05) is 54.6 Å². The molecule has 0 unspecified atom stereocenters. The van der Waals surface area contributed by atoms with Crippen LogP contribution in [0.3, 0.4) is 0 Å². The summed E-state index contributed by atoms with van der Waals surface area (Å²) in [5.41, 5.74) is 3.35. The number of rotatable bonds is 4. The molecular formula is C20H20N2O. The van der Waals surface area contributed by atoms with Gasteiger partial charge in [0.15, 0.2) is 0 Å². The predicted octanol–water partition coefficient (Wildman–Crippen LogP) is 4.51. The molecule has 0 aliphatic heterocycles. The molecule has 0 aromatic heterocycles. The van der Waals surface area contributed by atoms with Crippen molar-refractivity contribution in [3.05, 3.63) is 77.9 Å². The smallest absolute Gasteiger partial charge is 0.319 e. The van der Waals surface area contributed by atoms with Gasteiger partial charge in [0, 0.05) is 11.9 Å². The van der Waals surface area contributed by atoms with Crippen molar-refractivity contribution in [3.63, 3.8) is 0 Å². The number of benzene rings is 3. The molecule has 0 bridgehead atoms. The summed E-state index contributed by atoms with van der Waals surface area (Å²) in [6.45, 7) is 2.70. The zero-order valence-corrected chi connectivity index (χ0v) is 13.2. The van der Waals surface area contributed by atoms with Crippen molar-refractivity contribution in [1.82, 2.24) is 5.32 Å². The number of hydrogen-bond donors (Lipinski definition) is 2. The zero-order valence-electron chi connectivity index (χ0n) is 13.2. The van der Waals surface area contributed by atoms with E-state index in [1.54, 1.807) is 0 Å². The first-order valence-electron chi connectivity index (χ1n) is 7.81. The third kappa shape index (κ3) is 3.69. The van der Waals surface area contributed by atoms with Crippen LogP contribution >= 0.6 is 0 Å². The van der Waals surface area contributed by atoms with E-state index in [-0.39, 0.29) is 6.03 Å². The molecule has 3 heteroatoms. The molecule has 3 nitrogen and oxygen atoms in total. The van der Waals surface area contributed by atoms with Gasteiger partial charge in [-0.25, -0.2) is 4.79 Å². The Hall–Kier alpha value is -2.81. The fourth-order valence-corrected chi connectivity index (χ4v) is 2.70. The first kappa shape index (κ1) is 15.1. The highest BCUT2D eigenvalue weighted by Gasteiger charge is 2.05. The van der Waals surface area contributed by atoms with Crippen molar-refractivity contribution >= 4 is 22.5 Å². The van der Waals surface area contributed by atoms with Gasteiger partial charge in [0.05, 0.1) is 5.69 Å². The fourth-order valence-electron chi connectivity index (χ4n) is 2.70. The highest BCUT2D eigenvalue weighted by atomic mass is 16.2. The molecule has 3 aromatic carbocycles. The van der Waals surface area contributed by atoms with Gasteiger partial charge in [0.2, 0.25) is 0 Å². The maximum absolute atomic E-state index is 12.1. The van der Waals surface area contributed by atoms with Crippen LogP contribution in [0.1, 0.15) is 11.1 Å². The molecule has 116 valence electrons. The SMILES string of the molecule is Cc1ccccc1CCNC(=O)Nc1cccc2ccccc12. The van der Waals surface area contributed by atoms with Gasteiger partial charge < -0.3 is 10.6 Å². The quantitative estimate of drug-likeness (QED) is 0.731. The monoisotopic (exact) mass is 304 g/mol. The highest BCUT2D eigenvalue weighted by molar-refractivity contribution is 6.01. The third-order valence-electron chi connectivity index (χ3n) is 3.98. The molecule has 3 aromatic rings. The zero-order chi connectivity index (χ0) is 16.1. The van der Waals surface area contributed by atoms with Crippen LogP contribution in [0.2, 0.25) is 0 Å². The number of carbonyl (C=O) groups is 1. The Morgan fingerprint density at radius 1 is 0.913 bits per heavy atom. The lowest BCUT2D eigenvalue weighted by Crippen LogP contribution is -2.30. The van der Waals surface area contributed by atoms with Crippen LogP contribution in [0.15, 0.2) is 66.7 Å². The van der Waals surface area contributed by atoms with E-state index in [2.05, 4.69) is 29.7 Å². The van der Waals surface area contributed by atoms with E-state index < -0.39 is 0 Å². The Morgan fingerprint density at radius 3 is 2.52 bits per heavy atom. The lowest BCUT2D eigenvalue weighted by Gasteiger charge is -2.11. The molecule has 0 heterocycles. The van der Waals surface area contributed by atoms with E-state index in [0.717, 1.165) is 22.9 Å². The van der Waals surface area contributed by atoms with Crippen molar-refractivity contribution in [2.24, 2.45) is 0 Å². The Bertz CT molecular complexity index is 821. The average molecular weight is 304 g/mol. The van der Waals surface area contributed by atoms with Crippen molar-refractivity contribution in [1.29, 1.82) is 0 Å². The van der Waals surface area contributed by atoms with Crippen LogP contribution in [-0.2, 0) is 6.42 Å². The Balaban J connectivity index is 1.60. The highest BCUT2D eigenvalue weighted by Crippen LogP contribution is 2.22. The largest absolute Gasteiger partial charge is 0.338 e. The summed E-state index contributed by atoms with van der Waals surface area (Å²) in [5.74, 6) is 0. The number of anilines is 1. The molecule has 2 N–H and O–H groups in total. The van der Waals surface area contributed by atoms with Crippen LogP contribution in [0.4, 0.5) is 10.5 Å². The second-order valence-electron chi connectivity index (χ2n) is 5.58. The molecule has 23 heavy (non-hydrogen) atoms. The molecule has 0 radical (unpaired) electrons. The van der Waals surface area contributed by atoms with Crippen LogP contribution in [0.25, 0.3) is 10.8 Å². The summed E-state index contributed by atoms with van der Waals surface area (Å²) in [6.07, 6.45) is 0.829. The van der Waals surface area contributed by atoms with E-state index >= 15 is 0 Å². The number of aryl methyl sites for hydroxylation is 1. The second-order valence-corrected chi connectivity index (χ2v) is 5.58. The van der Waals surface area contributed by atoms with Gasteiger partial charge in [0.25, 0.3) is 0 Å². The van der Waals surface area contributed by atoms with Gasteiger partial charge in [-0.05, 0) is 35.9 Å². The number of fused-ring (bicyclic) bond motifs is 1. The van der Waals surface area contributed by atoms with Crippen molar-refractivity contribution in [2.45, 2.75) is 13.3 Å². The molecule has 0 fully saturated rings. The van der Waals surface area contributed by atoms with Crippen molar-refractivity contribution in [2.75, 3.05) is 11.9 Å². The minimum atomic E-state index is -0.171. The van der Waals surface area contributed by atoms with Crippen molar-refractivity contribution in [3.8, 4) is 0 Å². The van der Waals surface area contributed by atoms with Gasteiger partial charge in [-0.3, -0.25) is 0 Å². The van der Waals surface area contributed by atoms with E-state index in [4.69, 9.17) is 0 Å². The van der Waals surface area contributed by atoms with E-state index in [9.17, 15) is 4.79 Å². The molecule has 0 aliphatic rings. The van der Waals surface area contributed by atoms with Gasteiger partial charge in [-0.1, -0.05) is 60.7 Å². The Morgan fingerprint density at radius 2 is 1.65 bits per heavy atom. The molecule has 0 spiro atoms. The summed E-state index contributed by atoms with van der Waals surface area (Å²) in [5, 5.41) is 8.02. The first-order valence-corrected chi connectivity index (χ1v) is 7.81. The average Bonchev–Trinajstić information content (AvgIpc) is 2.57. The molecule has 0 aliphatic carbocycles. The lowest BCUT2D eigenvalue weighted by atomic mass is 10.1. The third-order valence-corrected chi connectivity index (χ3v) is 3.98. The maximum Gasteiger partial charge on any atom is 0.319 e. The molecule has 3 rings (SSSR count). The van der Waals surface area contributed by atoms with Crippen LogP contribution in [0.5, 0.6) is 0 Å². The summed E-state index contributed by atoms with van der Waals surface area (Å²) in [4.78, 5) is 12.1. The standard InChI is InChI=1S/C20H20N2O/c1-15-7-2-3-8-16(15)13-14-21-20(23)22-19-12-6-10-17-9-4-5-11-18(17)19/h2-12H,13-14H2,1H3,(H2,21,22,23). The number of hydrogen-bond acceptors (Lipinski definition) is 1. The topological polar surface area (TPSA) is 41.1 Å². The second kappa shape index (κ2) is 6.97. The number of nitrogens with one attached hydrogen (secondary N) is 2. The summed E-state index contributed by atoms with van der Waals surface area (Å²) in [7, 11) is 0. The van der Waals surface area contributed by atoms with E-state index in [1.165, 1.54) is 11.1 Å². The van der Waals surface area contributed by atoms with Gasteiger partial charge in [-0.15, -0.1) is 0 Å². The Kier molecular flexibility index (Phi) is 4.57. The van der Waals surface area contributed by atoms with Crippen LogP contribution in [0, 0.1) is 6.92 Å². The normalized spacial score (nSPS) is 10.5. The van der Waals surface area contributed by atoms with Crippen LogP contribution < -0.4 is 10.6 Å². The summed E-state index contributed by atoms with van der Waals surface area (Å²) >= 11 is 0.